The van der Waals surface area contributed by atoms with E-state index in [0.717, 1.165) is 31.4 Å². The molecule has 2 atom stereocenters. The van der Waals surface area contributed by atoms with E-state index in [1.54, 1.807) is 11.8 Å². The van der Waals surface area contributed by atoms with Crippen LogP contribution in [0.5, 0.6) is 0 Å². The average Bonchev–Trinajstić information content (AvgIpc) is 2.37. The van der Waals surface area contributed by atoms with Gasteiger partial charge in [-0.3, -0.25) is 9.59 Å². The van der Waals surface area contributed by atoms with Gasteiger partial charge in [0.1, 0.15) is 5.41 Å². The van der Waals surface area contributed by atoms with E-state index in [9.17, 15) is 9.59 Å². The summed E-state index contributed by atoms with van der Waals surface area (Å²) in [6.45, 7) is 6.10. The van der Waals surface area contributed by atoms with Crippen LogP contribution >= 0.6 is 24.0 Å². The summed E-state index contributed by atoms with van der Waals surface area (Å²) in [6, 6.07) is 0. The van der Waals surface area contributed by atoms with Gasteiger partial charge in [-0.05, 0) is 12.2 Å². The van der Waals surface area contributed by atoms with Crippen molar-refractivity contribution in [1.82, 2.24) is 5.32 Å². The van der Waals surface area contributed by atoms with Gasteiger partial charge in [0.15, 0.2) is 11.8 Å². The van der Waals surface area contributed by atoms with E-state index in [0.29, 0.717) is 6.42 Å². The van der Waals surface area contributed by atoms with Crippen LogP contribution < -0.4 is 34.9 Å². The van der Waals surface area contributed by atoms with Crippen LogP contribution in [0.25, 0.3) is 5.32 Å². The second kappa shape index (κ2) is 10.2. The molecule has 2 unspecified atom stereocenters. The van der Waals surface area contributed by atoms with Crippen LogP contribution in [-0.4, -0.2) is 27.9 Å². The van der Waals surface area contributed by atoms with Gasteiger partial charge in [-0.15, -0.1) is 0 Å². The van der Waals surface area contributed by atoms with Crippen LogP contribution in [0, 0.1) is 5.41 Å². The van der Waals surface area contributed by atoms with Crippen LogP contribution in [-0.2, 0) is 9.59 Å². The van der Waals surface area contributed by atoms with Gasteiger partial charge < -0.3 is 10.6 Å². The molecule has 1 aliphatic heterocycles. The molecule has 0 radical (unpaired) electrons. The Morgan fingerprint density at radius 3 is 2.48 bits per heavy atom. The molecule has 0 bridgehead atoms. The Balaban J connectivity index is 0.00000400. The Kier molecular flexibility index (Phi) is 10.4. The van der Waals surface area contributed by atoms with Crippen LogP contribution in [0.3, 0.4) is 0 Å². The summed E-state index contributed by atoms with van der Waals surface area (Å²) >= 11 is 6.47. The number of unbranched alkanes of at least 4 members (excludes halogenated alkanes) is 3. The number of thioether (sulfide) groups is 1. The molecule has 4 nitrogen and oxygen atoms in total. The SMILES string of the molecule is CCCCCCC1(C(C)SCC)C(=O)[N-]C(=S)NC1=O.[Na+]. The first kappa shape index (κ1) is 21.4. The minimum Gasteiger partial charge on any atom is -0.418 e. The summed E-state index contributed by atoms with van der Waals surface area (Å²) in [6.07, 6.45) is 4.70. The molecule has 0 saturated carbocycles. The predicted octanol–water partition coefficient (Wildman–Crippen LogP) is 0.404. The molecule has 1 fully saturated rings. The minimum atomic E-state index is -1.04. The fraction of sp³-hybridized carbons (Fsp3) is 0.786. The van der Waals surface area contributed by atoms with Crippen molar-refractivity contribution in [3.8, 4) is 0 Å². The van der Waals surface area contributed by atoms with Gasteiger partial charge in [-0.2, -0.15) is 11.8 Å². The third kappa shape index (κ3) is 5.20. The maximum Gasteiger partial charge on any atom is 1.00 e. The van der Waals surface area contributed by atoms with Crippen molar-refractivity contribution in [1.29, 1.82) is 0 Å². The quantitative estimate of drug-likeness (QED) is 0.301. The van der Waals surface area contributed by atoms with E-state index in [4.69, 9.17) is 12.2 Å². The van der Waals surface area contributed by atoms with Crippen LogP contribution in [0.1, 0.15) is 52.9 Å². The number of rotatable bonds is 8. The van der Waals surface area contributed by atoms with Crippen LogP contribution in [0.15, 0.2) is 0 Å². The summed E-state index contributed by atoms with van der Waals surface area (Å²) in [4.78, 5) is 24.8. The van der Waals surface area contributed by atoms with Crippen molar-refractivity contribution < 1.29 is 39.1 Å². The molecule has 0 aliphatic carbocycles. The topological polar surface area (TPSA) is 60.3 Å². The summed E-state index contributed by atoms with van der Waals surface area (Å²) in [7, 11) is 0. The van der Waals surface area contributed by atoms with Crippen molar-refractivity contribution >= 4 is 40.9 Å². The number of nitrogens with zero attached hydrogens (tertiary/aromatic N) is 1. The summed E-state index contributed by atoms with van der Waals surface area (Å²) in [5.41, 5.74) is -1.04. The molecule has 114 valence electrons. The zero-order chi connectivity index (χ0) is 15.2. The second-order valence-corrected chi connectivity index (χ2v) is 7.06. The fourth-order valence-electron chi connectivity index (χ4n) is 2.53. The molecular weight excluding hydrogens is 315 g/mol. The van der Waals surface area contributed by atoms with E-state index in [1.165, 1.54) is 0 Å². The standard InChI is InChI=1S/C14H24N2O2S2.Na/c1-4-6-7-8-9-14(10(3)20-5-2)11(17)15-13(19)16-12(14)18;/h10H,4-9H2,1-3H3,(H2,15,16,17,18,19);/q;+1/p-1. The predicted molar refractivity (Wildman–Crippen MR) is 87.9 cm³/mol. The largest absolute Gasteiger partial charge is 1.00 e. The molecule has 1 rings (SSSR count). The number of thiocarbonyl (C=S) groups is 1. The fourth-order valence-corrected chi connectivity index (χ4v) is 3.82. The van der Waals surface area contributed by atoms with Crippen molar-refractivity contribution in [3.05, 3.63) is 5.32 Å². The molecule has 2 amide bonds. The minimum absolute atomic E-state index is 0. The Bertz CT molecular complexity index is 371. The Morgan fingerprint density at radius 1 is 1.29 bits per heavy atom. The van der Waals surface area contributed by atoms with E-state index >= 15 is 0 Å². The summed E-state index contributed by atoms with van der Waals surface area (Å²) in [5.74, 6) is 0.228. The monoisotopic (exact) mass is 338 g/mol. The number of carbonyl (C=O) groups is 2. The maximum absolute atomic E-state index is 12.4. The van der Waals surface area contributed by atoms with Gasteiger partial charge in [-0.25, -0.2) is 0 Å². The molecule has 1 N–H and O–H groups in total. The molecule has 0 aromatic carbocycles. The van der Waals surface area contributed by atoms with Gasteiger partial charge >= 0.3 is 29.6 Å². The molecule has 0 spiro atoms. The second-order valence-electron chi connectivity index (χ2n) is 5.06. The summed E-state index contributed by atoms with van der Waals surface area (Å²) in [5, 5.41) is 6.32. The van der Waals surface area contributed by atoms with Crippen LogP contribution in [0.4, 0.5) is 0 Å². The normalized spacial score (nSPS) is 23.1. The van der Waals surface area contributed by atoms with E-state index < -0.39 is 5.41 Å². The van der Waals surface area contributed by atoms with E-state index in [1.807, 2.05) is 13.8 Å². The van der Waals surface area contributed by atoms with E-state index in [2.05, 4.69) is 17.6 Å². The zero-order valence-corrected chi connectivity index (χ0v) is 17.0. The third-order valence-electron chi connectivity index (χ3n) is 3.75. The first-order valence-corrected chi connectivity index (χ1v) is 8.67. The third-order valence-corrected chi connectivity index (χ3v) is 5.17. The van der Waals surface area contributed by atoms with E-state index in [-0.39, 0.29) is 51.7 Å². The molecule has 0 aromatic heterocycles. The van der Waals surface area contributed by atoms with Gasteiger partial charge in [0.25, 0.3) is 0 Å². The molecule has 7 heteroatoms. The smallest absolute Gasteiger partial charge is 0.418 e. The Morgan fingerprint density at radius 2 is 1.95 bits per heavy atom. The van der Waals surface area contributed by atoms with Crippen molar-refractivity contribution in [2.24, 2.45) is 5.41 Å². The molecular formula is C14H23N2NaO2S2. The molecule has 1 heterocycles. The molecule has 1 aliphatic rings. The first-order chi connectivity index (χ1) is 9.48. The van der Waals surface area contributed by atoms with Gasteiger partial charge in [0, 0.05) is 10.4 Å². The van der Waals surface area contributed by atoms with Gasteiger partial charge in [-0.1, -0.05) is 58.7 Å². The average molecular weight is 338 g/mol. The van der Waals surface area contributed by atoms with Gasteiger partial charge in [0.2, 0.25) is 0 Å². The van der Waals surface area contributed by atoms with Gasteiger partial charge in [0.05, 0.1) is 0 Å². The number of amides is 2. The molecule has 21 heavy (non-hydrogen) atoms. The van der Waals surface area contributed by atoms with Crippen LogP contribution in [0.2, 0.25) is 0 Å². The number of hydrogen-bond acceptors (Lipinski definition) is 4. The summed E-state index contributed by atoms with van der Waals surface area (Å²) < 4.78 is 0. The van der Waals surface area contributed by atoms with Crippen molar-refractivity contribution in [2.45, 2.75) is 58.1 Å². The molecule has 1 saturated heterocycles. The maximum atomic E-state index is 12.4. The van der Waals surface area contributed by atoms with Crippen molar-refractivity contribution in [2.75, 3.05) is 5.75 Å². The number of hydrogen-bond donors (Lipinski definition) is 1. The number of carbonyl (C=O) groups excluding carboxylic acids is 2. The number of nitrogens with one attached hydrogen (secondary N) is 1. The Hall–Kier alpha value is 0.380. The first-order valence-electron chi connectivity index (χ1n) is 7.22. The Labute approximate surface area is 159 Å². The zero-order valence-electron chi connectivity index (χ0n) is 13.4. The molecule has 0 aromatic rings. The van der Waals surface area contributed by atoms with Crippen molar-refractivity contribution in [3.63, 3.8) is 0 Å².